The van der Waals surface area contributed by atoms with Crippen molar-refractivity contribution in [3.8, 4) is 0 Å². The number of benzene rings is 2. The Morgan fingerprint density at radius 2 is 1.62 bits per heavy atom. The highest BCUT2D eigenvalue weighted by Crippen LogP contribution is 2.30. The van der Waals surface area contributed by atoms with Crippen LogP contribution in [0.2, 0.25) is 5.02 Å². The first-order chi connectivity index (χ1) is 7.66. The van der Waals surface area contributed by atoms with Gasteiger partial charge in [-0.3, -0.25) is 0 Å². The van der Waals surface area contributed by atoms with Crippen LogP contribution in [-0.2, 0) is 0 Å². The van der Waals surface area contributed by atoms with Crippen molar-refractivity contribution in [3.05, 3.63) is 70.5 Å². The fourth-order valence-electron chi connectivity index (χ4n) is 1.54. The minimum absolute atomic E-state index is 0.358. The van der Waals surface area contributed by atoms with E-state index in [0.717, 1.165) is 5.56 Å². The average Bonchev–Trinajstić information content (AvgIpc) is 2.28. The minimum atomic E-state index is -0.380. The summed E-state index contributed by atoms with van der Waals surface area (Å²) in [7, 11) is 0. The molecule has 0 spiro atoms. The maximum absolute atomic E-state index is 13.2. The summed E-state index contributed by atoms with van der Waals surface area (Å²) in [6.45, 7) is 0. The Bertz CT molecular complexity index is 462. The molecule has 0 saturated carbocycles. The van der Waals surface area contributed by atoms with Gasteiger partial charge in [0.15, 0.2) is 0 Å². The fraction of sp³-hybridized carbons (Fsp3) is 0.0769. The quantitative estimate of drug-likeness (QED) is 0.675. The zero-order chi connectivity index (χ0) is 11.5. The summed E-state index contributed by atoms with van der Waals surface area (Å²) in [5.41, 5.74) is 1.59. The van der Waals surface area contributed by atoms with Crippen molar-refractivity contribution >= 4 is 23.2 Å². The molecule has 0 N–H and O–H groups in total. The molecule has 0 aromatic heterocycles. The first kappa shape index (κ1) is 11.4. The SMILES string of the molecule is Fc1cc(Cl)cc(C(Cl)c2ccccc2)c1. The van der Waals surface area contributed by atoms with Gasteiger partial charge >= 0.3 is 0 Å². The third-order valence-electron chi connectivity index (χ3n) is 2.27. The van der Waals surface area contributed by atoms with E-state index in [1.54, 1.807) is 6.07 Å². The van der Waals surface area contributed by atoms with Crippen molar-refractivity contribution in [2.45, 2.75) is 5.38 Å². The van der Waals surface area contributed by atoms with Crippen molar-refractivity contribution in [1.29, 1.82) is 0 Å². The summed E-state index contributed by atoms with van der Waals surface area (Å²) in [5.74, 6) is -0.371. The highest BCUT2D eigenvalue weighted by atomic mass is 35.5. The van der Waals surface area contributed by atoms with Crippen LogP contribution in [0.25, 0.3) is 0 Å². The van der Waals surface area contributed by atoms with Gasteiger partial charge in [0.05, 0.1) is 5.38 Å². The van der Waals surface area contributed by atoms with Gasteiger partial charge in [-0.1, -0.05) is 41.9 Å². The largest absolute Gasteiger partial charge is 0.207 e. The van der Waals surface area contributed by atoms with Gasteiger partial charge in [-0.2, -0.15) is 0 Å². The van der Waals surface area contributed by atoms with Crippen LogP contribution in [0.1, 0.15) is 16.5 Å². The highest BCUT2D eigenvalue weighted by molar-refractivity contribution is 6.30. The van der Waals surface area contributed by atoms with Crippen LogP contribution >= 0.6 is 23.2 Å². The molecular formula is C13H9Cl2F. The highest BCUT2D eigenvalue weighted by Gasteiger charge is 2.11. The molecule has 0 aliphatic carbocycles. The van der Waals surface area contributed by atoms with E-state index in [9.17, 15) is 4.39 Å². The minimum Gasteiger partial charge on any atom is -0.207 e. The zero-order valence-corrected chi connectivity index (χ0v) is 9.84. The molecule has 0 saturated heterocycles. The maximum atomic E-state index is 13.2. The van der Waals surface area contributed by atoms with Crippen LogP contribution in [-0.4, -0.2) is 0 Å². The van der Waals surface area contributed by atoms with Gasteiger partial charge in [0, 0.05) is 5.02 Å². The summed E-state index contributed by atoms with van der Waals surface area (Å²) in [6.07, 6.45) is 0. The molecule has 16 heavy (non-hydrogen) atoms. The molecular weight excluding hydrogens is 246 g/mol. The van der Waals surface area contributed by atoms with E-state index in [-0.39, 0.29) is 11.2 Å². The molecule has 0 radical (unpaired) electrons. The molecule has 2 aromatic rings. The van der Waals surface area contributed by atoms with Gasteiger partial charge in [0.1, 0.15) is 5.82 Å². The molecule has 3 heteroatoms. The third kappa shape index (κ3) is 2.55. The summed E-state index contributed by atoms with van der Waals surface area (Å²) in [6, 6.07) is 13.8. The van der Waals surface area contributed by atoms with Crippen molar-refractivity contribution in [1.82, 2.24) is 0 Å². The molecule has 1 unspecified atom stereocenters. The summed E-state index contributed by atoms with van der Waals surface area (Å²) < 4.78 is 13.2. The van der Waals surface area contributed by atoms with Gasteiger partial charge in [0.25, 0.3) is 0 Å². The van der Waals surface area contributed by atoms with Gasteiger partial charge in [-0.25, -0.2) is 4.39 Å². The molecule has 0 aliphatic heterocycles. The molecule has 0 fully saturated rings. The van der Waals surface area contributed by atoms with Gasteiger partial charge < -0.3 is 0 Å². The normalized spacial score (nSPS) is 12.4. The van der Waals surface area contributed by atoms with Crippen LogP contribution in [0.4, 0.5) is 4.39 Å². The predicted molar refractivity (Wildman–Crippen MR) is 65.5 cm³/mol. The average molecular weight is 255 g/mol. The Morgan fingerprint density at radius 1 is 0.938 bits per heavy atom. The van der Waals surface area contributed by atoms with Crippen LogP contribution in [0.5, 0.6) is 0 Å². The molecule has 0 aliphatic rings. The van der Waals surface area contributed by atoms with E-state index in [2.05, 4.69) is 0 Å². The molecule has 82 valence electrons. The number of hydrogen-bond donors (Lipinski definition) is 0. The lowest BCUT2D eigenvalue weighted by molar-refractivity contribution is 0.626. The number of halogens is 3. The second kappa shape index (κ2) is 4.86. The molecule has 2 aromatic carbocycles. The standard InChI is InChI=1S/C13H9Cl2F/c14-11-6-10(7-12(16)8-11)13(15)9-4-2-1-3-5-9/h1-8,13H. The Hall–Kier alpha value is -1.05. The first-order valence-electron chi connectivity index (χ1n) is 4.82. The first-order valence-corrected chi connectivity index (χ1v) is 5.63. The Morgan fingerprint density at radius 3 is 2.25 bits per heavy atom. The monoisotopic (exact) mass is 254 g/mol. The summed E-state index contributed by atoms with van der Waals surface area (Å²) in [4.78, 5) is 0. The Balaban J connectivity index is 2.37. The van der Waals surface area contributed by atoms with Crippen molar-refractivity contribution in [2.75, 3.05) is 0 Å². The van der Waals surface area contributed by atoms with Crippen molar-refractivity contribution in [3.63, 3.8) is 0 Å². The molecule has 1 atom stereocenters. The van der Waals surface area contributed by atoms with Gasteiger partial charge in [-0.05, 0) is 29.3 Å². The van der Waals surface area contributed by atoms with E-state index in [1.807, 2.05) is 30.3 Å². The van der Waals surface area contributed by atoms with E-state index < -0.39 is 0 Å². The lowest BCUT2D eigenvalue weighted by Crippen LogP contribution is -1.93. The van der Waals surface area contributed by atoms with E-state index in [0.29, 0.717) is 10.6 Å². The van der Waals surface area contributed by atoms with Gasteiger partial charge in [-0.15, -0.1) is 11.6 Å². The van der Waals surface area contributed by atoms with E-state index in [1.165, 1.54) is 12.1 Å². The fourth-order valence-corrected chi connectivity index (χ4v) is 2.04. The van der Waals surface area contributed by atoms with Crippen LogP contribution in [0.15, 0.2) is 48.5 Å². The number of rotatable bonds is 2. The third-order valence-corrected chi connectivity index (χ3v) is 2.99. The smallest absolute Gasteiger partial charge is 0.125 e. The molecule has 0 nitrogen and oxygen atoms in total. The molecule has 0 bridgehead atoms. The summed E-state index contributed by atoms with van der Waals surface area (Å²) >= 11 is 12.0. The lowest BCUT2D eigenvalue weighted by atomic mass is 10.0. The second-order valence-corrected chi connectivity index (χ2v) is 4.35. The lowest BCUT2D eigenvalue weighted by Gasteiger charge is -2.10. The van der Waals surface area contributed by atoms with Crippen molar-refractivity contribution in [2.24, 2.45) is 0 Å². The zero-order valence-electron chi connectivity index (χ0n) is 8.33. The Kier molecular flexibility index (Phi) is 3.47. The second-order valence-electron chi connectivity index (χ2n) is 3.48. The number of hydrogen-bond acceptors (Lipinski definition) is 0. The van der Waals surface area contributed by atoms with E-state index in [4.69, 9.17) is 23.2 Å². The number of alkyl halides is 1. The molecule has 0 amide bonds. The predicted octanol–water partition coefficient (Wildman–Crippen LogP) is 4.81. The Labute approximate surface area is 104 Å². The molecule has 0 heterocycles. The molecule has 2 rings (SSSR count). The maximum Gasteiger partial charge on any atom is 0.125 e. The van der Waals surface area contributed by atoms with Gasteiger partial charge in [0.2, 0.25) is 0 Å². The van der Waals surface area contributed by atoms with Crippen molar-refractivity contribution < 1.29 is 4.39 Å². The topological polar surface area (TPSA) is 0 Å². The van der Waals surface area contributed by atoms with Crippen LogP contribution < -0.4 is 0 Å². The van der Waals surface area contributed by atoms with Crippen LogP contribution in [0.3, 0.4) is 0 Å². The van der Waals surface area contributed by atoms with Crippen LogP contribution in [0, 0.1) is 5.82 Å². The van der Waals surface area contributed by atoms with E-state index >= 15 is 0 Å². The summed E-state index contributed by atoms with van der Waals surface area (Å²) in [5, 5.41) is -0.0222.